The summed E-state index contributed by atoms with van der Waals surface area (Å²) in [5.74, 6) is -0.164. The lowest BCUT2D eigenvalue weighted by Crippen LogP contribution is -2.27. The van der Waals surface area contributed by atoms with Gasteiger partial charge in [0.05, 0.1) is 23.3 Å². The van der Waals surface area contributed by atoms with E-state index < -0.39 is 0 Å². The molecule has 1 aromatic heterocycles. The molecule has 0 saturated heterocycles. The highest BCUT2D eigenvalue weighted by atomic mass is 35.5. The monoisotopic (exact) mass is 281 g/mol. The van der Waals surface area contributed by atoms with E-state index in [1.54, 1.807) is 35.7 Å². The Morgan fingerprint density at radius 3 is 3.00 bits per heavy atom. The molecule has 0 aliphatic rings. The van der Waals surface area contributed by atoms with Gasteiger partial charge in [-0.05, 0) is 18.2 Å². The maximum absolute atomic E-state index is 12.2. The number of nitrogen functional groups attached to an aromatic ring is 1. The predicted molar refractivity (Wildman–Crippen MR) is 73.8 cm³/mol. The Labute approximate surface area is 114 Å². The number of carbonyl (C=O) groups excluding carboxylic acids is 1. The molecule has 4 nitrogen and oxygen atoms in total. The van der Waals surface area contributed by atoms with Crippen molar-refractivity contribution in [2.24, 2.45) is 0 Å². The molecule has 1 heterocycles. The van der Waals surface area contributed by atoms with Crippen molar-refractivity contribution in [1.29, 1.82) is 0 Å². The Kier molecular flexibility index (Phi) is 3.84. The number of hydrogen-bond acceptors (Lipinski definition) is 4. The smallest absolute Gasteiger partial charge is 0.256 e. The predicted octanol–water partition coefficient (Wildman–Crippen LogP) is 2.65. The van der Waals surface area contributed by atoms with Crippen molar-refractivity contribution in [2.75, 3.05) is 12.8 Å². The molecule has 1 aromatic carbocycles. The topological polar surface area (TPSA) is 59.2 Å². The molecule has 0 atom stereocenters. The minimum atomic E-state index is -0.164. The molecule has 0 radical (unpaired) electrons. The molecule has 0 spiro atoms. The summed E-state index contributed by atoms with van der Waals surface area (Å²) in [5, 5.41) is 2.40. The first kappa shape index (κ1) is 12.9. The first-order valence-electron chi connectivity index (χ1n) is 5.25. The summed E-state index contributed by atoms with van der Waals surface area (Å²) in [7, 11) is 1.71. The van der Waals surface area contributed by atoms with Crippen LogP contribution in [0.15, 0.2) is 29.1 Å². The average molecular weight is 282 g/mol. The van der Waals surface area contributed by atoms with Gasteiger partial charge >= 0.3 is 0 Å². The molecule has 94 valence electrons. The minimum Gasteiger partial charge on any atom is -0.398 e. The zero-order valence-corrected chi connectivity index (χ0v) is 11.3. The zero-order valence-electron chi connectivity index (χ0n) is 9.76. The van der Waals surface area contributed by atoms with Crippen molar-refractivity contribution in [1.82, 2.24) is 9.88 Å². The van der Waals surface area contributed by atoms with Crippen LogP contribution in [0.1, 0.15) is 16.1 Å². The van der Waals surface area contributed by atoms with Crippen LogP contribution in [0, 0.1) is 0 Å². The highest BCUT2D eigenvalue weighted by Gasteiger charge is 2.15. The Hall–Kier alpha value is -1.59. The maximum atomic E-state index is 12.2. The Balaban J connectivity index is 2.17. The van der Waals surface area contributed by atoms with E-state index in [0.717, 1.165) is 5.69 Å². The SMILES string of the molecule is CN(Cc1cscn1)C(=O)c1cc(Cl)ccc1N. The molecule has 2 rings (SSSR count). The van der Waals surface area contributed by atoms with Crippen LogP contribution in [0.25, 0.3) is 0 Å². The van der Waals surface area contributed by atoms with E-state index in [4.69, 9.17) is 17.3 Å². The maximum Gasteiger partial charge on any atom is 0.256 e. The van der Waals surface area contributed by atoms with Crippen LogP contribution >= 0.6 is 22.9 Å². The van der Waals surface area contributed by atoms with Gasteiger partial charge in [-0.25, -0.2) is 4.98 Å². The number of anilines is 1. The van der Waals surface area contributed by atoms with E-state index >= 15 is 0 Å². The van der Waals surface area contributed by atoms with Gasteiger partial charge < -0.3 is 10.6 Å². The van der Waals surface area contributed by atoms with Crippen molar-refractivity contribution in [3.8, 4) is 0 Å². The summed E-state index contributed by atoms with van der Waals surface area (Å²) >= 11 is 7.37. The fraction of sp³-hybridized carbons (Fsp3) is 0.167. The standard InChI is InChI=1S/C12H12ClN3OS/c1-16(5-9-6-18-7-15-9)12(17)10-4-8(13)2-3-11(10)14/h2-4,6-7H,5,14H2,1H3. The molecule has 6 heteroatoms. The molecule has 2 N–H and O–H groups in total. The zero-order chi connectivity index (χ0) is 13.1. The van der Waals surface area contributed by atoms with Crippen LogP contribution < -0.4 is 5.73 Å². The molecular weight excluding hydrogens is 270 g/mol. The molecule has 18 heavy (non-hydrogen) atoms. The van der Waals surface area contributed by atoms with Gasteiger partial charge in [-0.1, -0.05) is 11.6 Å². The molecule has 0 aliphatic heterocycles. The number of benzene rings is 1. The third kappa shape index (κ3) is 2.80. The fourth-order valence-electron chi connectivity index (χ4n) is 1.55. The van der Waals surface area contributed by atoms with Gasteiger partial charge in [0.2, 0.25) is 0 Å². The van der Waals surface area contributed by atoms with Crippen molar-refractivity contribution in [2.45, 2.75) is 6.54 Å². The molecule has 0 unspecified atom stereocenters. The Morgan fingerprint density at radius 2 is 2.33 bits per heavy atom. The second-order valence-electron chi connectivity index (χ2n) is 3.87. The second kappa shape index (κ2) is 5.37. The van der Waals surface area contributed by atoms with E-state index in [1.807, 2.05) is 5.38 Å². The summed E-state index contributed by atoms with van der Waals surface area (Å²) in [6, 6.07) is 4.87. The van der Waals surface area contributed by atoms with E-state index in [9.17, 15) is 4.79 Å². The summed E-state index contributed by atoms with van der Waals surface area (Å²) in [6.45, 7) is 0.453. The van der Waals surface area contributed by atoms with Crippen LogP contribution in [0.3, 0.4) is 0 Å². The summed E-state index contributed by atoms with van der Waals surface area (Å²) in [4.78, 5) is 17.9. The molecule has 2 aromatic rings. The first-order chi connectivity index (χ1) is 8.58. The molecule has 0 saturated carbocycles. The molecular formula is C12H12ClN3OS. The quantitative estimate of drug-likeness (QED) is 0.880. The summed E-state index contributed by atoms with van der Waals surface area (Å²) in [6.07, 6.45) is 0. The van der Waals surface area contributed by atoms with Crippen molar-refractivity contribution in [3.05, 3.63) is 45.4 Å². The number of aromatic nitrogens is 1. The summed E-state index contributed by atoms with van der Waals surface area (Å²) in [5.41, 5.74) is 9.22. The number of nitrogens with zero attached hydrogens (tertiary/aromatic N) is 2. The summed E-state index contributed by atoms with van der Waals surface area (Å²) < 4.78 is 0. The van der Waals surface area contributed by atoms with Crippen LogP contribution in [-0.2, 0) is 6.54 Å². The van der Waals surface area contributed by atoms with Crippen molar-refractivity contribution in [3.63, 3.8) is 0 Å². The number of hydrogen-bond donors (Lipinski definition) is 1. The van der Waals surface area contributed by atoms with Crippen LogP contribution in [0.5, 0.6) is 0 Å². The number of rotatable bonds is 3. The third-order valence-corrected chi connectivity index (χ3v) is 3.35. The third-order valence-electron chi connectivity index (χ3n) is 2.48. The van der Waals surface area contributed by atoms with Gasteiger partial charge in [0, 0.05) is 23.1 Å². The lowest BCUT2D eigenvalue weighted by Gasteiger charge is -2.17. The van der Waals surface area contributed by atoms with Gasteiger partial charge in [0.25, 0.3) is 5.91 Å². The van der Waals surface area contributed by atoms with E-state index in [2.05, 4.69) is 4.98 Å². The van der Waals surface area contributed by atoms with Crippen molar-refractivity contribution >= 4 is 34.5 Å². The number of nitrogens with two attached hydrogens (primary N) is 1. The molecule has 1 amide bonds. The van der Waals surface area contributed by atoms with Gasteiger partial charge in [-0.3, -0.25) is 4.79 Å². The number of halogens is 1. The molecule has 0 aliphatic carbocycles. The second-order valence-corrected chi connectivity index (χ2v) is 5.03. The van der Waals surface area contributed by atoms with Crippen LogP contribution in [0.2, 0.25) is 5.02 Å². The van der Waals surface area contributed by atoms with E-state index in [-0.39, 0.29) is 5.91 Å². The highest BCUT2D eigenvalue weighted by molar-refractivity contribution is 7.07. The lowest BCUT2D eigenvalue weighted by molar-refractivity contribution is 0.0784. The van der Waals surface area contributed by atoms with Crippen molar-refractivity contribution < 1.29 is 4.79 Å². The van der Waals surface area contributed by atoms with Crippen LogP contribution in [-0.4, -0.2) is 22.8 Å². The van der Waals surface area contributed by atoms with E-state index in [0.29, 0.717) is 22.8 Å². The molecule has 0 fully saturated rings. The fourth-order valence-corrected chi connectivity index (χ4v) is 2.27. The molecule has 0 bridgehead atoms. The Bertz CT molecular complexity index is 556. The first-order valence-corrected chi connectivity index (χ1v) is 6.57. The lowest BCUT2D eigenvalue weighted by atomic mass is 10.1. The van der Waals surface area contributed by atoms with Gasteiger partial charge in [0.15, 0.2) is 0 Å². The normalized spacial score (nSPS) is 10.3. The van der Waals surface area contributed by atoms with Gasteiger partial charge in [-0.15, -0.1) is 11.3 Å². The highest BCUT2D eigenvalue weighted by Crippen LogP contribution is 2.20. The van der Waals surface area contributed by atoms with Gasteiger partial charge in [-0.2, -0.15) is 0 Å². The van der Waals surface area contributed by atoms with E-state index in [1.165, 1.54) is 11.3 Å². The van der Waals surface area contributed by atoms with Crippen LogP contribution in [0.4, 0.5) is 5.69 Å². The average Bonchev–Trinajstić information content (AvgIpc) is 2.84. The number of carbonyl (C=O) groups is 1. The Morgan fingerprint density at radius 1 is 1.56 bits per heavy atom. The van der Waals surface area contributed by atoms with Gasteiger partial charge in [0.1, 0.15) is 0 Å². The largest absolute Gasteiger partial charge is 0.398 e. The minimum absolute atomic E-state index is 0.164. The number of amides is 1. The number of thiazole rings is 1.